The summed E-state index contributed by atoms with van der Waals surface area (Å²) in [5.41, 5.74) is 18.2. The molecule has 9 heteroatoms. The van der Waals surface area contributed by atoms with E-state index in [1.807, 2.05) is 56.4 Å². The topological polar surface area (TPSA) is 126 Å². The average molecular weight is 579 g/mol. The Morgan fingerprint density at radius 3 is 2.64 bits per heavy atom. The van der Waals surface area contributed by atoms with Gasteiger partial charge >= 0.3 is 6.03 Å². The number of thiophene rings is 1. The molecule has 0 radical (unpaired) electrons. The van der Waals surface area contributed by atoms with Crippen LogP contribution in [0, 0.1) is 13.8 Å². The number of fused-ring (bicyclic) bond motifs is 2. The number of hydrogen-bond donors (Lipinski definition) is 4. The van der Waals surface area contributed by atoms with Crippen molar-refractivity contribution in [1.29, 1.82) is 0 Å². The van der Waals surface area contributed by atoms with Crippen molar-refractivity contribution in [2.45, 2.75) is 45.7 Å². The molecule has 6 N–H and O–H groups in total. The molecule has 6 rings (SSSR count). The number of carbonyl (C=O) groups is 2. The smallest absolute Gasteiger partial charge is 0.329 e. The van der Waals surface area contributed by atoms with Crippen LogP contribution in [0.4, 0.5) is 21.9 Å². The molecule has 1 saturated heterocycles. The zero-order valence-corrected chi connectivity index (χ0v) is 24.6. The van der Waals surface area contributed by atoms with Crippen molar-refractivity contribution in [3.05, 3.63) is 83.7 Å². The average Bonchev–Trinajstić information content (AvgIpc) is 3.54. The molecule has 214 valence electrons. The maximum atomic E-state index is 13.3. The number of amides is 3. The number of aromatic nitrogens is 1. The molecule has 0 aliphatic carbocycles. The first-order chi connectivity index (χ1) is 20.4. The van der Waals surface area contributed by atoms with Crippen molar-refractivity contribution in [3.8, 4) is 10.4 Å². The Balaban J connectivity index is 1.29. The SMILES string of the molecule is Cc1ncc(CNc2ccc3cc(-c4ccc(N5C(=O)N[C@@H](CCCCN)C5=O)c5ccccc45)sc3c2)c(C)c1N. The Morgan fingerprint density at radius 1 is 1.02 bits per heavy atom. The second-order valence-corrected chi connectivity index (χ2v) is 11.8. The number of nitrogens with two attached hydrogens (primary N) is 2. The van der Waals surface area contributed by atoms with E-state index in [0.29, 0.717) is 25.2 Å². The van der Waals surface area contributed by atoms with Crippen molar-refractivity contribution in [2.75, 3.05) is 22.5 Å². The third-order valence-electron chi connectivity index (χ3n) is 8.07. The van der Waals surface area contributed by atoms with Crippen LogP contribution >= 0.6 is 11.3 Å². The molecule has 2 aromatic heterocycles. The molecule has 0 bridgehead atoms. The highest BCUT2D eigenvalue weighted by molar-refractivity contribution is 7.22. The Labute approximate surface area is 248 Å². The standard InChI is InChI=1S/C33H34N6O2S/c1-19-22(17-36-20(2)31(19)35)18-37-23-11-10-21-15-30(42-29(21)16-23)26-12-13-28(25-8-4-3-7-24(25)26)39-32(40)27(38-33(39)41)9-5-6-14-34/h3-4,7-8,10-13,15-17,27,37H,5-6,9,14,18,34-35H2,1-2H3,(H,38,41)/t27-/m0/s1. The van der Waals surface area contributed by atoms with E-state index in [1.54, 1.807) is 11.3 Å². The second kappa shape index (κ2) is 11.4. The zero-order chi connectivity index (χ0) is 29.4. The molecule has 5 aromatic rings. The number of nitrogens with one attached hydrogen (secondary N) is 2. The monoisotopic (exact) mass is 578 g/mol. The van der Waals surface area contributed by atoms with Gasteiger partial charge in [0.1, 0.15) is 6.04 Å². The third kappa shape index (κ3) is 5.06. The van der Waals surface area contributed by atoms with Crippen LogP contribution in [0.5, 0.6) is 0 Å². The van der Waals surface area contributed by atoms with Gasteiger partial charge in [-0.3, -0.25) is 9.78 Å². The molecular weight excluding hydrogens is 544 g/mol. The molecule has 0 spiro atoms. The number of pyridine rings is 1. The van der Waals surface area contributed by atoms with Crippen LogP contribution in [0.2, 0.25) is 0 Å². The highest BCUT2D eigenvalue weighted by Crippen LogP contribution is 2.41. The van der Waals surface area contributed by atoms with Gasteiger partial charge in [-0.2, -0.15) is 0 Å². The molecule has 8 nitrogen and oxygen atoms in total. The van der Waals surface area contributed by atoms with Crippen molar-refractivity contribution in [3.63, 3.8) is 0 Å². The molecule has 1 fully saturated rings. The summed E-state index contributed by atoms with van der Waals surface area (Å²) in [4.78, 5) is 33.0. The fraction of sp³-hybridized carbons (Fsp3) is 0.242. The van der Waals surface area contributed by atoms with Crippen LogP contribution in [0.15, 0.2) is 66.9 Å². The van der Waals surface area contributed by atoms with Crippen LogP contribution in [0.25, 0.3) is 31.3 Å². The number of urea groups is 1. The lowest BCUT2D eigenvalue weighted by Crippen LogP contribution is -2.31. The van der Waals surface area contributed by atoms with Crippen LogP contribution < -0.4 is 27.0 Å². The van der Waals surface area contributed by atoms with E-state index in [1.165, 1.54) is 4.90 Å². The molecule has 0 saturated carbocycles. The largest absolute Gasteiger partial charge is 0.397 e. The molecular formula is C33H34N6O2S. The predicted octanol–water partition coefficient (Wildman–Crippen LogP) is 6.48. The normalized spacial score (nSPS) is 15.1. The lowest BCUT2D eigenvalue weighted by molar-refractivity contribution is -0.118. The molecule has 3 heterocycles. The van der Waals surface area contributed by atoms with Crippen molar-refractivity contribution >= 4 is 61.2 Å². The molecule has 3 amide bonds. The highest BCUT2D eigenvalue weighted by atomic mass is 32.1. The lowest BCUT2D eigenvalue weighted by atomic mass is 10.0. The Kier molecular flexibility index (Phi) is 7.53. The van der Waals surface area contributed by atoms with Crippen LogP contribution in [0.1, 0.15) is 36.1 Å². The number of aryl methyl sites for hydroxylation is 1. The van der Waals surface area contributed by atoms with Crippen molar-refractivity contribution in [2.24, 2.45) is 5.73 Å². The molecule has 3 aromatic carbocycles. The Bertz CT molecular complexity index is 1830. The summed E-state index contributed by atoms with van der Waals surface area (Å²) in [5.74, 6) is -0.212. The van der Waals surface area contributed by atoms with Gasteiger partial charge < -0.3 is 22.1 Å². The summed E-state index contributed by atoms with van der Waals surface area (Å²) in [6.07, 6.45) is 4.08. The molecule has 0 unspecified atom stereocenters. The summed E-state index contributed by atoms with van der Waals surface area (Å²) in [6, 6.07) is 19.5. The maximum absolute atomic E-state index is 13.3. The molecule has 1 aliphatic rings. The van der Waals surface area contributed by atoms with E-state index in [4.69, 9.17) is 11.5 Å². The fourth-order valence-electron chi connectivity index (χ4n) is 5.58. The number of imide groups is 1. The zero-order valence-electron chi connectivity index (χ0n) is 23.7. The van der Waals surface area contributed by atoms with Gasteiger partial charge in [0, 0.05) is 33.4 Å². The van der Waals surface area contributed by atoms with E-state index in [9.17, 15) is 9.59 Å². The fourth-order valence-corrected chi connectivity index (χ4v) is 6.72. The summed E-state index contributed by atoms with van der Waals surface area (Å²) < 4.78 is 1.16. The first kappa shape index (κ1) is 27.7. The number of nitrogen functional groups attached to an aromatic ring is 1. The summed E-state index contributed by atoms with van der Waals surface area (Å²) in [6.45, 7) is 5.15. The second-order valence-electron chi connectivity index (χ2n) is 10.8. The van der Waals surface area contributed by atoms with Gasteiger partial charge in [0.15, 0.2) is 0 Å². The highest BCUT2D eigenvalue weighted by Gasteiger charge is 2.39. The predicted molar refractivity (Wildman–Crippen MR) is 173 cm³/mol. The van der Waals surface area contributed by atoms with Gasteiger partial charge in [0.05, 0.1) is 17.1 Å². The summed E-state index contributed by atoms with van der Waals surface area (Å²) in [7, 11) is 0. The summed E-state index contributed by atoms with van der Waals surface area (Å²) >= 11 is 1.72. The van der Waals surface area contributed by atoms with Crippen LogP contribution in [0.3, 0.4) is 0 Å². The maximum Gasteiger partial charge on any atom is 0.329 e. The van der Waals surface area contributed by atoms with Gasteiger partial charge in [-0.1, -0.05) is 36.4 Å². The van der Waals surface area contributed by atoms with Gasteiger partial charge in [-0.15, -0.1) is 11.3 Å². The van der Waals surface area contributed by atoms with E-state index in [0.717, 1.165) is 72.3 Å². The van der Waals surface area contributed by atoms with E-state index < -0.39 is 6.04 Å². The number of unbranched alkanes of at least 4 members (excludes halogenated alkanes) is 1. The number of anilines is 3. The van der Waals surface area contributed by atoms with Crippen LogP contribution in [-0.2, 0) is 11.3 Å². The van der Waals surface area contributed by atoms with E-state index in [-0.39, 0.29) is 11.9 Å². The molecule has 1 atom stereocenters. The number of hydrogen-bond acceptors (Lipinski definition) is 7. The Hall–Kier alpha value is -4.47. The quantitative estimate of drug-likeness (QED) is 0.117. The summed E-state index contributed by atoms with van der Waals surface area (Å²) in [5, 5.41) is 9.38. The van der Waals surface area contributed by atoms with Gasteiger partial charge in [0.2, 0.25) is 0 Å². The minimum absolute atomic E-state index is 0.212. The number of benzene rings is 3. The molecule has 42 heavy (non-hydrogen) atoms. The van der Waals surface area contributed by atoms with Crippen molar-refractivity contribution in [1.82, 2.24) is 10.3 Å². The number of rotatable bonds is 9. The van der Waals surface area contributed by atoms with Crippen LogP contribution in [-0.4, -0.2) is 29.5 Å². The van der Waals surface area contributed by atoms with E-state index >= 15 is 0 Å². The lowest BCUT2D eigenvalue weighted by Gasteiger charge is -2.17. The number of carbonyl (C=O) groups excluding carboxylic acids is 2. The molecule has 1 aliphatic heterocycles. The van der Waals surface area contributed by atoms with Gasteiger partial charge in [0.25, 0.3) is 5.91 Å². The Morgan fingerprint density at radius 2 is 1.83 bits per heavy atom. The van der Waals surface area contributed by atoms with E-state index in [2.05, 4.69) is 39.9 Å². The minimum atomic E-state index is -0.517. The number of nitrogens with zero attached hydrogens (tertiary/aromatic N) is 2. The van der Waals surface area contributed by atoms with Gasteiger partial charge in [-0.25, -0.2) is 9.69 Å². The van der Waals surface area contributed by atoms with Gasteiger partial charge in [-0.05, 0) is 91.4 Å². The van der Waals surface area contributed by atoms with Crippen molar-refractivity contribution < 1.29 is 9.59 Å². The third-order valence-corrected chi connectivity index (χ3v) is 9.20. The first-order valence-corrected chi connectivity index (χ1v) is 15.0. The first-order valence-electron chi connectivity index (χ1n) is 14.2. The minimum Gasteiger partial charge on any atom is -0.397 e.